The number of hydrogen-bond donors (Lipinski definition) is 1. The molecule has 0 bridgehead atoms. The first kappa shape index (κ1) is 25.8. The number of rotatable bonds is 6. The topological polar surface area (TPSA) is 34.1 Å². The van der Waals surface area contributed by atoms with Crippen LogP contribution >= 0.6 is 23.5 Å². The van der Waals surface area contributed by atoms with Gasteiger partial charge in [-0.2, -0.15) is 0 Å². The minimum Gasteiger partial charge on any atom is -0.364 e. The van der Waals surface area contributed by atoms with Gasteiger partial charge in [-0.1, -0.05) is 43.6 Å². The average molecular weight is 512 g/mol. The van der Waals surface area contributed by atoms with Crippen LogP contribution in [-0.2, 0) is 0 Å². The molecule has 3 heterocycles. The third-order valence-corrected chi connectivity index (χ3v) is 7.80. The van der Waals surface area contributed by atoms with E-state index in [0.717, 1.165) is 66.7 Å². The first-order chi connectivity index (χ1) is 16.8. The van der Waals surface area contributed by atoms with E-state index in [1.165, 1.54) is 18.4 Å². The van der Waals surface area contributed by atoms with Crippen LogP contribution in [0.5, 0.6) is 0 Å². The predicted octanol–water partition coefficient (Wildman–Crippen LogP) is 6.84. The summed E-state index contributed by atoms with van der Waals surface area (Å²) in [7, 11) is 2.07. The number of halogens is 1. The van der Waals surface area contributed by atoms with Gasteiger partial charge in [0.2, 0.25) is 0 Å². The highest BCUT2D eigenvalue weighted by Gasteiger charge is 2.29. The number of aliphatic imine (C=N–C) groups is 1. The van der Waals surface area contributed by atoms with Crippen LogP contribution in [0.4, 0.5) is 5.69 Å². The molecule has 1 N–H and O–H groups in total. The van der Waals surface area contributed by atoms with Gasteiger partial charge in [0.05, 0.1) is 11.7 Å². The van der Waals surface area contributed by atoms with Crippen LogP contribution in [0.3, 0.4) is 0 Å². The van der Waals surface area contributed by atoms with Gasteiger partial charge in [-0.25, -0.2) is 4.99 Å². The fourth-order valence-corrected chi connectivity index (χ4v) is 5.85. The highest BCUT2D eigenvalue weighted by molar-refractivity contribution is 7.99. The number of nitrogens with zero attached hydrogens (tertiary/aromatic N) is 4. The SMILES string of the molecule is C=C(/C=C1/N=C(N2CCC(C)C2)C(C)=CN1C)C1CCCCN1C(=C)c1cc(Cl)ccc1NSC. The van der Waals surface area contributed by atoms with E-state index in [1.54, 1.807) is 11.9 Å². The van der Waals surface area contributed by atoms with Crippen LogP contribution in [-0.4, -0.2) is 59.5 Å². The number of hydrogen-bond acceptors (Lipinski definition) is 6. The lowest BCUT2D eigenvalue weighted by molar-refractivity contribution is 0.260. The van der Waals surface area contributed by atoms with Crippen molar-refractivity contribution in [3.05, 3.63) is 71.2 Å². The number of benzene rings is 1. The molecule has 188 valence electrons. The zero-order valence-electron chi connectivity index (χ0n) is 21.5. The van der Waals surface area contributed by atoms with Crippen LogP contribution < -0.4 is 4.72 Å². The summed E-state index contributed by atoms with van der Waals surface area (Å²) in [4.78, 5) is 12.0. The number of nitrogens with one attached hydrogen (secondary N) is 1. The number of amidine groups is 1. The molecule has 4 rings (SSSR count). The standard InChI is InChI=1S/C28H38ClN5S/c1-19-12-14-33(17-19)28-21(3)18-32(5)27(30-28)15-20(2)26-9-7-8-13-34(26)22(4)24-16-23(29)10-11-25(24)31-35-6/h10-11,15-16,18-19,26,31H,2,4,7-9,12-14,17H2,1,3,5-6H3/b27-15-. The van der Waals surface area contributed by atoms with E-state index in [0.29, 0.717) is 10.9 Å². The second kappa shape index (κ2) is 11.2. The van der Waals surface area contributed by atoms with Crippen molar-refractivity contribution >= 4 is 40.8 Å². The van der Waals surface area contributed by atoms with E-state index in [2.05, 4.69) is 65.8 Å². The Labute approximate surface area is 220 Å². The van der Waals surface area contributed by atoms with E-state index < -0.39 is 0 Å². The number of anilines is 1. The first-order valence-electron chi connectivity index (χ1n) is 12.5. The smallest absolute Gasteiger partial charge is 0.135 e. The zero-order chi connectivity index (χ0) is 25.1. The van der Waals surface area contributed by atoms with Gasteiger partial charge in [-0.15, -0.1) is 0 Å². The predicted molar refractivity (Wildman–Crippen MR) is 154 cm³/mol. The molecular weight excluding hydrogens is 474 g/mol. The molecule has 0 aliphatic carbocycles. The van der Waals surface area contributed by atoms with Crippen LogP contribution in [0.15, 0.2) is 65.6 Å². The van der Waals surface area contributed by atoms with E-state index in [1.807, 2.05) is 24.5 Å². The zero-order valence-corrected chi connectivity index (χ0v) is 23.1. The average Bonchev–Trinajstić information content (AvgIpc) is 3.27. The molecule has 1 aromatic rings. The van der Waals surface area contributed by atoms with Crippen molar-refractivity contribution in [2.24, 2.45) is 10.9 Å². The molecule has 1 aromatic carbocycles. The Morgan fingerprint density at radius 3 is 2.74 bits per heavy atom. The molecule has 0 spiro atoms. The largest absolute Gasteiger partial charge is 0.364 e. The molecule has 5 nitrogen and oxygen atoms in total. The normalized spacial score (nSPS) is 23.9. The third kappa shape index (κ3) is 5.75. The Hall–Kier alpha value is -2.31. The maximum Gasteiger partial charge on any atom is 0.135 e. The fourth-order valence-electron chi connectivity index (χ4n) is 5.28. The second-order valence-corrected chi connectivity index (χ2v) is 11.0. The van der Waals surface area contributed by atoms with Gasteiger partial charge in [0, 0.05) is 61.0 Å². The molecule has 2 fully saturated rings. The molecule has 0 amide bonds. The molecule has 0 radical (unpaired) electrons. The Morgan fingerprint density at radius 1 is 1.23 bits per heavy atom. The van der Waals surface area contributed by atoms with Gasteiger partial charge in [0.25, 0.3) is 0 Å². The first-order valence-corrected chi connectivity index (χ1v) is 14.1. The Balaban J connectivity index is 1.60. The minimum absolute atomic E-state index is 0.177. The van der Waals surface area contributed by atoms with Gasteiger partial charge >= 0.3 is 0 Å². The number of piperidine rings is 1. The quantitative estimate of drug-likeness (QED) is 0.423. The highest BCUT2D eigenvalue weighted by Crippen LogP contribution is 2.36. The van der Waals surface area contributed by atoms with E-state index >= 15 is 0 Å². The van der Waals surface area contributed by atoms with E-state index in [4.69, 9.17) is 16.6 Å². The maximum atomic E-state index is 6.38. The highest BCUT2D eigenvalue weighted by atomic mass is 35.5. The molecule has 35 heavy (non-hydrogen) atoms. The summed E-state index contributed by atoms with van der Waals surface area (Å²) < 4.78 is 3.38. The van der Waals surface area contributed by atoms with Crippen molar-refractivity contribution in [1.29, 1.82) is 0 Å². The molecular formula is C28H38ClN5S. The Kier molecular flexibility index (Phi) is 8.23. The van der Waals surface area contributed by atoms with Crippen molar-refractivity contribution in [2.75, 3.05) is 37.7 Å². The molecule has 0 saturated carbocycles. The van der Waals surface area contributed by atoms with Crippen molar-refractivity contribution in [1.82, 2.24) is 14.7 Å². The monoisotopic (exact) mass is 511 g/mol. The summed E-state index contributed by atoms with van der Waals surface area (Å²) in [5.74, 6) is 2.76. The summed E-state index contributed by atoms with van der Waals surface area (Å²) in [5.41, 5.74) is 5.33. The lowest BCUT2D eigenvalue weighted by atomic mass is 9.93. The summed E-state index contributed by atoms with van der Waals surface area (Å²) in [6.07, 6.45) is 11.0. The lowest BCUT2D eigenvalue weighted by Crippen LogP contribution is -2.39. The summed E-state index contributed by atoms with van der Waals surface area (Å²) in [6, 6.07) is 6.12. The molecule has 3 aliphatic heterocycles. The van der Waals surface area contributed by atoms with Crippen molar-refractivity contribution in [2.45, 2.75) is 45.6 Å². The molecule has 2 saturated heterocycles. The van der Waals surface area contributed by atoms with Crippen LogP contribution in [0.1, 0.15) is 45.1 Å². The van der Waals surface area contributed by atoms with Crippen molar-refractivity contribution in [3.63, 3.8) is 0 Å². The molecule has 7 heteroatoms. The summed E-state index contributed by atoms with van der Waals surface area (Å²) >= 11 is 7.95. The van der Waals surface area contributed by atoms with Gasteiger partial charge in [0.1, 0.15) is 11.7 Å². The van der Waals surface area contributed by atoms with Crippen molar-refractivity contribution in [3.8, 4) is 0 Å². The van der Waals surface area contributed by atoms with Crippen molar-refractivity contribution < 1.29 is 0 Å². The summed E-state index contributed by atoms with van der Waals surface area (Å²) in [5, 5.41) is 0.714. The fraction of sp³-hybridized carbons (Fsp3) is 0.464. The van der Waals surface area contributed by atoms with Gasteiger partial charge in [-0.3, -0.25) is 0 Å². The minimum atomic E-state index is 0.177. The van der Waals surface area contributed by atoms with Gasteiger partial charge < -0.3 is 19.4 Å². The van der Waals surface area contributed by atoms with Crippen LogP contribution in [0.25, 0.3) is 5.70 Å². The second-order valence-electron chi connectivity index (χ2n) is 9.92. The van der Waals surface area contributed by atoms with Crippen LogP contribution in [0, 0.1) is 5.92 Å². The van der Waals surface area contributed by atoms with E-state index in [9.17, 15) is 0 Å². The maximum absolute atomic E-state index is 6.38. The van der Waals surface area contributed by atoms with E-state index in [-0.39, 0.29) is 6.04 Å². The molecule has 2 unspecified atom stereocenters. The lowest BCUT2D eigenvalue weighted by Gasteiger charge is -2.40. The summed E-state index contributed by atoms with van der Waals surface area (Å²) in [6.45, 7) is 16.6. The third-order valence-electron chi connectivity index (χ3n) is 7.14. The van der Waals surface area contributed by atoms with Crippen LogP contribution in [0.2, 0.25) is 5.02 Å². The van der Waals surface area contributed by atoms with Gasteiger partial charge in [-0.05, 0) is 68.4 Å². The number of likely N-dealkylation sites (tertiary alicyclic amines) is 2. The Morgan fingerprint density at radius 2 is 2.03 bits per heavy atom. The molecule has 3 aliphatic rings. The van der Waals surface area contributed by atoms with Gasteiger partial charge in [0.15, 0.2) is 0 Å². The Bertz CT molecular complexity index is 1080. The molecule has 2 atom stereocenters. The molecule has 0 aromatic heterocycles.